The van der Waals surface area contributed by atoms with Crippen LogP contribution in [0.3, 0.4) is 0 Å². The molecule has 2 rings (SSSR count). The van der Waals surface area contributed by atoms with Gasteiger partial charge in [0.05, 0.1) is 37.2 Å². The maximum atomic E-state index is 11.8. The zero-order valence-electron chi connectivity index (χ0n) is 7.59. The van der Waals surface area contributed by atoms with Crippen molar-refractivity contribution in [1.29, 1.82) is 0 Å². The predicted octanol–water partition coefficient (Wildman–Crippen LogP) is -0.921. The molecule has 0 saturated carbocycles. The molecule has 76 valence electrons. The van der Waals surface area contributed by atoms with E-state index in [1.807, 2.05) is 0 Å². The lowest BCUT2D eigenvalue weighted by Crippen LogP contribution is -2.36. The molecule has 6 nitrogen and oxygen atoms in total. The lowest BCUT2D eigenvalue weighted by Gasteiger charge is -2.10. The molecule has 0 amide bonds. The molecule has 2 atom stereocenters. The Balaban J connectivity index is 2.15. The van der Waals surface area contributed by atoms with Gasteiger partial charge in [-0.05, 0) is 0 Å². The second kappa shape index (κ2) is 3.39. The van der Waals surface area contributed by atoms with E-state index in [1.54, 1.807) is 0 Å². The van der Waals surface area contributed by atoms with Crippen molar-refractivity contribution in [3.05, 3.63) is 12.4 Å². The summed E-state index contributed by atoms with van der Waals surface area (Å²) < 4.78 is 6.32. The first-order chi connectivity index (χ1) is 6.68. The molecule has 1 aromatic rings. The predicted molar refractivity (Wildman–Crippen MR) is 49.6 cm³/mol. The quantitative estimate of drug-likeness (QED) is 0.605. The van der Waals surface area contributed by atoms with Crippen LogP contribution >= 0.6 is 0 Å². The molecule has 0 spiro atoms. The molecule has 1 aliphatic heterocycles. The number of rotatable bonds is 1. The normalized spacial score (nSPS) is 26.6. The summed E-state index contributed by atoms with van der Waals surface area (Å²) in [5.74, 6) is -0.471. The molecule has 1 aromatic heterocycles. The van der Waals surface area contributed by atoms with Crippen molar-refractivity contribution in [3.63, 3.8) is 0 Å². The van der Waals surface area contributed by atoms with E-state index in [9.17, 15) is 4.79 Å². The van der Waals surface area contributed by atoms with Crippen LogP contribution in [0.15, 0.2) is 12.4 Å². The monoisotopic (exact) mass is 196 g/mol. The summed E-state index contributed by atoms with van der Waals surface area (Å²) in [6.45, 7) is 0.785. The van der Waals surface area contributed by atoms with Gasteiger partial charge >= 0.3 is 0 Å². The topological polar surface area (TPSA) is 96.2 Å². The molecule has 0 bridgehead atoms. The first-order valence-corrected chi connectivity index (χ1v) is 4.36. The Morgan fingerprint density at radius 3 is 2.93 bits per heavy atom. The van der Waals surface area contributed by atoms with E-state index in [4.69, 9.17) is 16.2 Å². The van der Waals surface area contributed by atoms with Crippen LogP contribution in [0.4, 0.5) is 5.69 Å². The van der Waals surface area contributed by atoms with Crippen LogP contribution in [0, 0.1) is 5.92 Å². The van der Waals surface area contributed by atoms with Gasteiger partial charge in [0.2, 0.25) is 0 Å². The van der Waals surface area contributed by atoms with Crippen molar-refractivity contribution in [2.24, 2.45) is 11.7 Å². The summed E-state index contributed by atoms with van der Waals surface area (Å²) in [6, 6.07) is -0.243. The minimum atomic E-state index is -0.311. The summed E-state index contributed by atoms with van der Waals surface area (Å²) in [4.78, 5) is 11.8. The van der Waals surface area contributed by atoms with Gasteiger partial charge in [-0.25, -0.2) is 4.68 Å². The minimum absolute atomic E-state index is 0.160. The number of nitrogen functional groups attached to an aromatic ring is 1. The maximum absolute atomic E-state index is 11.8. The zero-order chi connectivity index (χ0) is 10.1. The zero-order valence-corrected chi connectivity index (χ0v) is 7.59. The van der Waals surface area contributed by atoms with Crippen molar-refractivity contribution < 1.29 is 9.53 Å². The SMILES string of the molecule is Nc1cnn(C(=O)C2COCC2N)c1. The van der Waals surface area contributed by atoms with Gasteiger partial charge in [0.1, 0.15) is 0 Å². The molecule has 4 N–H and O–H groups in total. The van der Waals surface area contributed by atoms with E-state index in [-0.39, 0.29) is 17.9 Å². The van der Waals surface area contributed by atoms with Crippen LogP contribution in [0.5, 0.6) is 0 Å². The molecule has 0 aromatic carbocycles. The van der Waals surface area contributed by atoms with E-state index in [2.05, 4.69) is 5.10 Å². The Hall–Kier alpha value is -1.40. The van der Waals surface area contributed by atoms with Crippen LogP contribution in [-0.4, -0.2) is 34.9 Å². The molecule has 1 aliphatic rings. The van der Waals surface area contributed by atoms with Crippen LogP contribution in [0.25, 0.3) is 0 Å². The van der Waals surface area contributed by atoms with Gasteiger partial charge in [0.25, 0.3) is 5.91 Å². The summed E-state index contributed by atoms with van der Waals surface area (Å²) in [7, 11) is 0. The van der Waals surface area contributed by atoms with Crippen LogP contribution in [0.2, 0.25) is 0 Å². The Morgan fingerprint density at radius 2 is 2.43 bits per heavy atom. The Kier molecular flexibility index (Phi) is 2.22. The fraction of sp³-hybridized carbons (Fsp3) is 0.500. The lowest BCUT2D eigenvalue weighted by atomic mass is 10.0. The molecule has 14 heavy (non-hydrogen) atoms. The molecule has 6 heteroatoms. The van der Waals surface area contributed by atoms with E-state index >= 15 is 0 Å². The van der Waals surface area contributed by atoms with E-state index < -0.39 is 0 Å². The number of nitrogens with zero attached hydrogens (tertiary/aromatic N) is 2. The molecule has 2 heterocycles. The second-order valence-electron chi connectivity index (χ2n) is 3.36. The fourth-order valence-corrected chi connectivity index (χ4v) is 1.45. The highest BCUT2D eigenvalue weighted by molar-refractivity contribution is 5.82. The molecular weight excluding hydrogens is 184 g/mol. The molecule has 1 saturated heterocycles. The average molecular weight is 196 g/mol. The Morgan fingerprint density at radius 1 is 1.64 bits per heavy atom. The highest BCUT2D eigenvalue weighted by Gasteiger charge is 2.32. The molecular formula is C8H12N4O2. The van der Waals surface area contributed by atoms with Crippen molar-refractivity contribution in [3.8, 4) is 0 Å². The van der Waals surface area contributed by atoms with E-state index in [0.717, 1.165) is 0 Å². The third-order valence-corrected chi connectivity index (χ3v) is 2.27. The van der Waals surface area contributed by atoms with Gasteiger partial charge in [-0.3, -0.25) is 4.79 Å². The standard InChI is InChI=1S/C8H12N4O2/c9-5-1-11-12(2-5)8(13)6-3-14-4-7(6)10/h1-2,6-7H,3-4,9-10H2. The third kappa shape index (κ3) is 1.49. The summed E-state index contributed by atoms with van der Waals surface area (Å²) in [5, 5.41) is 3.83. The fourth-order valence-electron chi connectivity index (χ4n) is 1.45. The lowest BCUT2D eigenvalue weighted by molar-refractivity contribution is 0.0793. The first kappa shape index (κ1) is 9.17. The van der Waals surface area contributed by atoms with Crippen molar-refractivity contribution >= 4 is 11.6 Å². The summed E-state index contributed by atoms with van der Waals surface area (Å²) in [5.41, 5.74) is 11.6. The van der Waals surface area contributed by atoms with Gasteiger partial charge in [0, 0.05) is 6.04 Å². The maximum Gasteiger partial charge on any atom is 0.254 e. The van der Waals surface area contributed by atoms with Crippen molar-refractivity contribution in [1.82, 2.24) is 9.78 Å². The van der Waals surface area contributed by atoms with Crippen LogP contribution in [0.1, 0.15) is 4.79 Å². The molecule has 0 radical (unpaired) electrons. The number of hydrogen-bond donors (Lipinski definition) is 2. The number of carbonyl (C=O) groups excluding carboxylic acids is 1. The number of ether oxygens (including phenoxy) is 1. The molecule has 2 unspecified atom stereocenters. The largest absolute Gasteiger partial charge is 0.396 e. The highest BCUT2D eigenvalue weighted by Crippen LogP contribution is 2.14. The number of hydrogen-bond acceptors (Lipinski definition) is 5. The number of carbonyl (C=O) groups is 1. The first-order valence-electron chi connectivity index (χ1n) is 4.36. The Labute approximate surface area is 80.8 Å². The van der Waals surface area contributed by atoms with E-state index in [0.29, 0.717) is 18.9 Å². The summed E-state index contributed by atoms with van der Waals surface area (Å²) >= 11 is 0. The van der Waals surface area contributed by atoms with Crippen molar-refractivity contribution in [2.75, 3.05) is 18.9 Å². The second-order valence-corrected chi connectivity index (χ2v) is 3.36. The number of nitrogens with two attached hydrogens (primary N) is 2. The van der Waals surface area contributed by atoms with Crippen LogP contribution in [-0.2, 0) is 4.74 Å². The smallest absolute Gasteiger partial charge is 0.254 e. The van der Waals surface area contributed by atoms with E-state index in [1.165, 1.54) is 17.1 Å². The number of anilines is 1. The Bertz CT molecular complexity index is 349. The van der Waals surface area contributed by atoms with Crippen molar-refractivity contribution in [2.45, 2.75) is 6.04 Å². The van der Waals surface area contributed by atoms with Gasteiger partial charge in [-0.15, -0.1) is 0 Å². The molecule has 0 aliphatic carbocycles. The third-order valence-electron chi connectivity index (χ3n) is 2.27. The summed E-state index contributed by atoms with van der Waals surface area (Å²) in [6.07, 6.45) is 2.91. The van der Waals surface area contributed by atoms with Gasteiger partial charge < -0.3 is 16.2 Å². The average Bonchev–Trinajstić information content (AvgIpc) is 2.73. The highest BCUT2D eigenvalue weighted by atomic mass is 16.5. The van der Waals surface area contributed by atoms with Gasteiger partial charge in [-0.1, -0.05) is 0 Å². The van der Waals surface area contributed by atoms with Crippen LogP contribution < -0.4 is 11.5 Å². The number of aromatic nitrogens is 2. The minimum Gasteiger partial charge on any atom is -0.396 e. The van der Waals surface area contributed by atoms with Gasteiger partial charge in [0.15, 0.2) is 0 Å². The van der Waals surface area contributed by atoms with Gasteiger partial charge in [-0.2, -0.15) is 5.10 Å². The molecule has 1 fully saturated rings.